The number of hydrogen-bond acceptors (Lipinski definition) is 4. The van der Waals surface area contributed by atoms with Gasteiger partial charge in [-0.3, -0.25) is 0 Å². The average molecular weight is 358 g/mol. The zero-order valence-electron chi connectivity index (χ0n) is 10.4. The number of thiazole rings is 1. The Bertz CT molecular complexity index is 606. The molecule has 0 radical (unpaired) electrons. The van der Waals surface area contributed by atoms with Crippen molar-refractivity contribution in [3.8, 4) is 0 Å². The summed E-state index contributed by atoms with van der Waals surface area (Å²) in [6.07, 6.45) is 0. The van der Waals surface area contributed by atoms with Crippen molar-refractivity contribution in [1.82, 2.24) is 4.98 Å². The molecule has 1 N–H and O–H groups in total. The lowest BCUT2D eigenvalue weighted by molar-refractivity contribution is 0.0695. The number of aromatic nitrogens is 1. The zero-order chi connectivity index (χ0) is 14.0. The molecule has 3 nitrogen and oxygen atoms in total. The van der Waals surface area contributed by atoms with E-state index in [9.17, 15) is 4.79 Å². The lowest BCUT2D eigenvalue weighted by Gasteiger charge is -2.03. The van der Waals surface area contributed by atoms with Gasteiger partial charge in [0.05, 0.1) is 17.0 Å². The summed E-state index contributed by atoms with van der Waals surface area (Å²) >= 11 is 6.53. The summed E-state index contributed by atoms with van der Waals surface area (Å²) in [4.78, 5) is 17.7. The van der Waals surface area contributed by atoms with Crippen LogP contribution in [0.4, 0.5) is 0 Å². The van der Waals surface area contributed by atoms with Gasteiger partial charge in [0.15, 0.2) is 0 Å². The molecular weight excluding hydrogens is 346 g/mol. The first-order valence-electron chi connectivity index (χ1n) is 5.56. The van der Waals surface area contributed by atoms with Crippen LogP contribution < -0.4 is 0 Å². The van der Waals surface area contributed by atoms with Crippen molar-refractivity contribution in [3.63, 3.8) is 0 Å². The predicted octanol–water partition coefficient (Wildman–Crippen LogP) is 4.51. The number of aryl methyl sites for hydroxylation is 2. The van der Waals surface area contributed by atoms with Gasteiger partial charge >= 0.3 is 5.97 Å². The maximum atomic E-state index is 11.0. The standard InChI is InChI=1S/C13H12BrNO2S2/c1-7-8(2)19-12(15-7)6-18-9-3-4-11(14)10(5-9)13(16)17/h3-5H,6H2,1-2H3,(H,16,17). The number of benzene rings is 1. The summed E-state index contributed by atoms with van der Waals surface area (Å²) in [7, 11) is 0. The quantitative estimate of drug-likeness (QED) is 0.817. The smallest absolute Gasteiger partial charge is 0.336 e. The van der Waals surface area contributed by atoms with Gasteiger partial charge in [-0.1, -0.05) is 0 Å². The number of hydrogen-bond donors (Lipinski definition) is 1. The minimum absolute atomic E-state index is 0.288. The van der Waals surface area contributed by atoms with Gasteiger partial charge in [0.1, 0.15) is 5.01 Å². The first kappa shape index (κ1) is 14.6. The molecule has 2 rings (SSSR count). The average Bonchev–Trinajstić information content (AvgIpc) is 2.67. The summed E-state index contributed by atoms with van der Waals surface area (Å²) in [5, 5.41) is 10.1. The van der Waals surface area contributed by atoms with Gasteiger partial charge in [-0.2, -0.15) is 0 Å². The fourth-order valence-electron chi connectivity index (χ4n) is 1.50. The molecule has 0 fully saturated rings. The monoisotopic (exact) mass is 357 g/mol. The van der Waals surface area contributed by atoms with Crippen LogP contribution in [-0.4, -0.2) is 16.1 Å². The van der Waals surface area contributed by atoms with Crippen molar-refractivity contribution >= 4 is 45.0 Å². The first-order valence-corrected chi connectivity index (χ1v) is 8.15. The number of halogens is 1. The number of aromatic carboxylic acids is 1. The molecule has 100 valence electrons. The fourth-order valence-corrected chi connectivity index (χ4v) is 3.78. The second-order valence-corrected chi connectivity index (χ2v) is 7.18. The van der Waals surface area contributed by atoms with E-state index in [4.69, 9.17) is 5.11 Å². The van der Waals surface area contributed by atoms with E-state index in [1.54, 1.807) is 35.2 Å². The largest absolute Gasteiger partial charge is 0.478 e. The van der Waals surface area contributed by atoms with E-state index in [1.807, 2.05) is 13.0 Å². The molecule has 0 aliphatic carbocycles. The molecule has 1 aromatic carbocycles. The molecule has 0 bridgehead atoms. The summed E-state index contributed by atoms with van der Waals surface area (Å²) in [5.41, 5.74) is 1.36. The molecule has 19 heavy (non-hydrogen) atoms. The Kier molecular flexibility index (Phi) is 4.65. The topological polar surface area (TPSA) is 50.2 Å². The molecule has 0 spiro atoms. The van der Waals surface area contributed by atoms with Crippen molar-refractivity contribution in [3.05, 3.63) is 43.8 Å². The second-order valence-electron chi connectivity index (χ2n) is 3.98. The summed E-state index contributed by atoms with van der Waals surface area (Å²) < 4.78 is 0.602. The van der Waals surface area contributed by atoms with E-state index in [0.29, 0.717) is 4.47 Å². The number of nitrogens with zero attached hydrogens (tertiary/aromatic N) is 1. The highest BCUT2D eigenvalue weighted by Crippen LogP contribution is 2.29. The van der Waals surface area contributed by atoms with Crippen LogP contribution in [0.25, 0.3) is 0 Å². The highest BCUT2D eigenvalue weighted by atomic mass is 79.9. The van der Waals surface area contributed by atoms with Gasteiger partial charge in [-0.25, -0.2) is 9.78 Å². The van der Waals surface area contributed by atoms with Crippen LogP contribution in [0.5, 0.6) is 0 Å². The minimum Gasteiger partial charge on any atom is -0.478 e. The predicted molar refractivity (Wildman–Crippen MR) is 82.3 cm³/mol. The van der Waals surface area contributed by atoms with Crippen LogP contribution in [0.3, 0.4) is 0 Å². The Morgan fingerprint density at radius 2 is 2.21 bits per heavy atom. The van der Waals surface area contributed by atoms with E-state index in [2.05, 4.69) is 27.8 Å². The van der Waals surface area contributed by atoms with E-state index >= 15 is 0 Å². The van der Waals surface area contributed by atoms with Crippen LogP contribution in [-0.2, 0) is 5.75 Å². The van der Waals surface area contributed by atoms with E-state index < -0.39 is 5.97 Å². The SMILES string of the molecule is Cc1nc(CSc2ccc(Br)c(C(=O)O)c2)sc1C. The van der Waals surface area contributed by atoms with Gasteiger partial charge in [0.25, 0.3) is 0 Å². The third-order valence-electron chi connectivity index (χ3n) is 2.60. The van der Waals surface area contributed by atoms with Crippen LogP contribution in [0, 0.1) is 13.8 Å². The first-order chi connectivity index (χ1) is 8.97. The number of carbonyl (C=O) groups is 1. The molecule has 0 amide bonds. The summed E-state index contributed by atoms with van der Waals surface area (Å²) in [6, 6.07) is 5.36. The molecule has 1 aromatic heterocycles. The van der Waals surface area contributed by atoms with Crippen molar-refractivity contribution in [2.45, 2.75) is 24.5 Å². The van der Waals surface area contributed by atoms with Crippen molar-refractivity contribution in [1.29, 1.82) is 0 Å². The zero-order valence-corrected chi connectivity index (χ0v) is 13.7. The normalized spacial score (nSPS) is 10.7. The highest BCUT2D eigenvalue weighted by molar-refractivity contribution is 9.10. The van der Waals surface area contributed by atoms with Crippen LogP contribution in [0.2, 0.25) is 0 Å². The maximum Gasteiger partial charge on any atom is 0.336 e. The molecule has 0 aliphatic heterocycles. The van der Waals surface area contributed by atoms with Crippen LogP contribution >= 0.6 is 39.0 Å². The highest BCUT2D eigenvalue weighted by Gasteiger charge is 2.10. The number of thioether (sulfide) groups is 1. The second kappa shape index (κ2) is 6.07. The van der Waals surface area contributed by atoms with Gasteiger partial charge in [0.2, 0.25) is 0 Å². The molecule has 0 saturated heterocycles. The van der Waals surface area contributed by atoms with Crippen LogP contribution in [0.1, 0.15) is 25.9 Å². The Morgan fingerprint density at radius 3 is 2.79 bits per heavy atom. The molecule has 2 aromatic rings. The Balaban J connectivity index is 2.11. The third kappa shape index (κ3) is 3.58. The lowest BCUT2D eigenvalue weighted by Crippen LogP contribution is -1.97. The Hall–Kier alpha value is -0.850. The number of rotatable bonds is 4. The maximum absolute atomic E-state index is 11.0. The molecule has 0 aliphatic rings. The molecule has 0 atom stereocenters. The third-order valence-corrected chi connectivity index (χ3v) is 5.56. The van der Waals surface area contributed by atoms with Gasteiger partial charge < -0.3 is 5.11 Å². The Morgan fingerprint density at radius 1 is 1.47 bits per heavy atom. The minimum atomic E-state index is -0.921. The van der Waals surface area contributed by atoms with E-state index in [-0.39, 0.29) is 5.56 Å². The van der Waals surface area contributed by atoms with Gasteiger partial charge in [-0.15, -0.1) is 23.1 Å². The van der Waals surface area contributed by atoms with Crippen LogP contribution in [0.15, 0.2) is 27.6 Å². The van der Waals surface area contributed by atoms with Gasteiger partial charge in [-0.05, 0) is 48.0 Å². The number of carboxylic acid groups (broad SMARTS) is 1. The van der Waals surface area contributed by atoms with Crippen molar-refractivity contribution in [2.75, 3.05) is 0 Å². The summed E-state index contributed by atoms with van der Waals surface area (Å²) in [6.45, 7) is 4.06. The molecule has 0 unspecified atom stereocenters. The van der Waals surface area contributed by atoms with E-state index in [0.717, 1.165) is 21.3 Å². The van der Waals surface area contributed by atoms with Crippen molar-refractivity contribution < 1.29 is 9.90 Å². The molecular formula is C13H12BrNO2S2. The van der Waals surface area contributed by atoms with Gasteiger partial charge in [0, 0.05) is 14.2 Å². The summed E-state index contributed by atoms with van der Waals surface area (Å²) in [5.74, 6) is -0.157. The fraction of sp³-hybridized carbons (Fsp3) is 0.231. The lowest BCUT2D eigenvalue weighted by atomic mass is 10.2. The number of carboxylic acids is 1. The van der Waals surface area contributed by atoms with E-state index in [1.165, 1.54) is 4.88 Å². The van der Waals surface area contributed by atoms with Crippen molar-refractivity contribution in [2.24, 2.45) is 0 Å². The molecule has 0 saturated carbocycles. The Labute approximate surface area is 128 Å². The molecule has 1 heterocycles. The molecule has 6 heteroatoms.